The van der Waals surface area contributed by atoms with Crippen LogP contribution in [0.25, 0.3) is 22.4 Å². The molecule has 0 atom stereocenters. The zero-order chi connectivity index (χ0) is 25.3. The quantitative estimate of drug-likeness (QED) is 0.189. The molecule has 0 saturated carbocycles. The lowest BCUT2D eigenvalue weighted by atomic mass is 10.1. The summed E-state index contributed by atoms with van der Waals surface area (Å²) in [6.45, 7) is 10.2. The highest BCUT2D eigenvalue weighted by Gasteiger charge is 2.23. The molecule has 0 fully saturated rings. The van der Waals surface area contributed by atoms with Gasteiger partial charge in [0.1, 0.15) is 11.5 Å². The Morgan fingerprint density at radius 3 is 2.51 bits per heavy atom. The first-order valence-corrected chi connectivity index (χ1v) is 11.4. The molecule has 4 heterocycles. The Hall–Kier alpha value is -3.72. The van der Waals surface area contributed by atoms with Gasteiger partial charge in [0, 0.05) is 42.8 Å². The van der Waals surface area contributed by atoms with Gasteiger partial charge in [0.05, 0.1) is 22.3 Å². The maximum atomic E-state index is 13.1. The monoisotopic (exact) mass is 479 g/mol. The van der Waals surface area contributed by atoms with Gasteiger partial charge in [-0.2, -0.15) is 0 Å². The second kappa shape index (κ2) is 9.87. The Morgan fingerprint density at radius 2 is 1.83 bits per heavy atom. The van der Waals surface area contributed by atoms with Crippen LogP contribution in [0.2, 0.25) is 0 Å². The van der Waals surface area contributed by atoms with E-state index in [-0.39, 0.29) is 23.7 Å². The fourth-order valence-electron chi connectivity index (χ4n) is 4.36. The lowest BCUT2D eigenvalue weighted by molar-refractivity contribution is 0.0476. The van der Waals surface area contributed by atoms with E-state index in [1.807, 2.05) is 39.8 Å². The van der Waals surface area contributed by atoms with Gasteiger partial charge in [0.15, 0.2) is 6.61 Å². The van der Waals surface area contributed by atoms with Crippen LogP contribution >= 0.6 is 0 Å². The average molecular weight is 480 g/mol. The standard InChI is InChI=1S/C26H29N3O6/c1-14-10-19(17(4)29(14)8-7-9-32-6)23(30)13-33-26(31)21-12-22(20-11-15(2)34-18(20)5)27-25-24(21)16(3)28-35-25/h10-12H,7-9,13H2,1-6H3. The van der Waals surface area contributed by atoms with Gasteiger partial charge < -0.3 is 23.0 Å². The highest BCUT2D eigenvalue weighted by molar-refractivity contribution is 6.06. The topological polar surface area (TPSA) is 110 Å². The number of hydrogen-bond acceptors (Lipinski definition) is 8. The number of aromatic nitrogens is 3. The van der Waals surface area contributed by atoms with E-state index < -0.39 is 5.97 Å². The molecule has 0 saturated heterocycles. The van der Waals surface area contributed by atoms with Crippen LogP contribution < -0.4 is 0 Å². The lowest BCUT2D eigenvalue weighted by Gasteiger charge is -2.10. The van der Waals surface area contributed by atoms with Gasteiger partial charge in [-0.3, -0.25) is 4.79 Å². The van der Waals surface area contributed by atoms with E-state index in [2.05, 4.69) is 14.7 Å². The number of hydrogen-bond donors (Lipinski definition) is 0. The van der Waals surface area contributed by atoms with Crippen LogP contribution in [0.3, 0.4) is 0 Å². The molecule has 0 aliphatic heterocycles. The molecule has 9 heteroatoms. The van der Waals surface area contributed by atoms with Crippen LogP contribution in [0, 0.1) is 34.6 Å². The molecule has 4 aromatic rings. The first-order valence-electron chi connectivity index (χ1n) is 11.4. The van der Waals surface area contributed by atoms with Crippen LogP contribution in [0.4, 0.5) is 0 Å². The van der Waals surface area contributed by atoms with Crippen molar-refractivity contribution in [1.82, 2.24) is 14.7 Å². The Balaban J connectivity index is 1.58. The second-order valence-corrected chi connectivity index (χ2v) is 8.61. The van der Waals surface area contributed by atoms with Gasteiger partial charge in [-0.25, -0.2) is 9.78 Å². The first kappa shape index (κ1) is 24.4. The van der Waals surface area contributed by atoms with Gasteiger partial charge in [-0.05, 0) is 59.2 Å². The summed E-state index contributed by atoms with van der Waals surface area (Å²) < 4.78 is 23.6. The number of furan rings is 1. The maximum Gasteiger partial charge on any atom is 0.339 e. The number of carbonyl (C=O) groups is 2. The Kier molecular flexibility index (Phi) is 6.88. The predicted molar refractivity (Wildman–Crippen MR) is 129 cm³/mol. The number of esters is 1. The van der Waals surface area contributed by atoms with Crippen molar-refractivity contribution in [2.24, 2.45) is 0 Å². The number of pyridine rings is 1. The number of rotatable bonds is 9. The van der Waals surface area contributed by atoms with Crippen molar-refractivity contribution in [2.45, 2.75) is 47.6 Å². The molecular formula is C26H29N3O6. The first-order chi connectivity index (χ1) is 16.7. The minimum atomic E-state index is -0.648. The van der Waals surface area contributed by atoms with E-state index in [1.54, 1.807) is 20.1 Å². The summed E-state index contributed by atoms with van der Waals surface area (Å²) in [6, 6.07) is 5.29. The van der Waals surface area contributed by atoms with Crippen molar-refractivity contribution in [3.63, 3.8) is 0 Å². The minimum Gasteiger partial charge on any atom is -0.466 e. The number of carbonyl (C=O) groups excluding carboxylic acids is 2. The number of Topliss-reactive ketones (excluding diaryl/α,β-unsaturated/α-hetero) is 1. The number of ether oxygens (including phenoxy) is 2. The Morgan fingerprint density at radius 1 is 1.06 bits per heavy atom. The molecule has 184 valence electrons. The van der Waals surface area contributed by atoms with Gasteiger partial charge in [0.2, 0.25) is 5.78 Å². The SMILES string of the molecule is COCCCn1c(C)cc(C(=O)COC(=O)c2cc(-c3cc(C)oc3C)nc3onc(C)c23)c1C. The fourth-order valence-corrected chi connectivity index (χ4v) is 4.36. The fraction of sp³-hybridized carbons (Fsp3) is 0.385. The molecule has 35 heavy (non-hydrogen) atoms. The van der Waals surface area contributed by atoms with Crippen molar-refractivity contribution < 1.29 is 28.0 Å². The molecule has 0 aliphatic rings. The largest absolute Gasteiger partial charge is 0.466 e. The Labute approximate surface area is 203 Å². The Bertz CT molecular complexity index is 1410. The highest BCUT2D eigenvalue weighted by atomic mass is 16.5. The third-order valence-corrected chi connectivity index (χ3v) is 6.09. The summed E-state index contributed by atoms with van der Waals surface area (Å²) in [4.78, 5) is 30.6. The smallest absolute Gasteiger partial charge is 0.339 e. The van der Waals surface area contributed by atoms with Gasteiger partial charge in [-0.15, -0.1) is 0 Å². The van der Waals surface area contributed by atoms with Crippen LogP contribution in [0.15, 0.2) is 27.1 Å². The number of methoxy groups -OCH3 is 1. The molecule has 0 radical (unpaired) electrons. The normalized spacial score (nSPS) is 11.4. The van der Waals surface area contributed by atoms with Crippen molar-refractivity contribution in [3.05, 3.63) is 57.9 Å². The molecule has 4 rings (SSSR count). The van der Waals surface area contributed by atoms with Crippen molar-refractivity contribution in [2.75, 3.05) is 20.3 Å². The van der Waals surface area contributed by atoms with E-state index in [4.69, 9.17) is 18.4 Å². The van der Waals surface area contributed by atoms with E-state index in [9.17, 15) is 9.59 Å². The van der Waals surface area contributed by atoms with Crippen LogP contribution in [0.1, 0.15) is 55.7 Å². The number of nitrogens with zero attached hydrogens (tertiary/aromatic N) is 3. The summed E-state index contributed by atoms with van der Waals surface area (Å²) in [6.07, 6.45) is 0.837. The van der Waals surface area contributed by atoms with Gasteiger partial charge in [-0.1, -0.05) is 5.16 Å². The third kappa shape index (κ3) is 4.77. The maximum absolute atomic E-state index is 13.1. The van der Waals surface area contributed by atoms with Crippen molar-refractivity contribution in [3.8, 4) is 11.3 Å². The number of aryl methyl sites for hydroxylation is 4. The summed E-state index contributed by atoms with van der Waals surface area (Å²) in [7, 11) is 1.66. The van der Waals surface area contributed by atoms with E-state index in [0.717, 1.165) is 35.7 Å². The molecule has 0 aromatic carbocycles. The number of fused-ring (bicyclic) bond motifs is 1. The van der Waals surface area contributed by atoms with E-state index in [0.29, 0.717) is 34.7 Å². The number of ketones is 1. The van der Waals surface area contributed by atoms with Crippen LogP contribution in [-0.2, 0) is 16.0 Å². The average Bonchev–Trinajstić information content (AvgIpc) is 3.46. The highest BCUT2D eigenvalue weighted by Crippen LogP contribution is 2.31. The van der Waals surface area contributed by atoms with Crippen molar-refractivity contribution >= 4 is 22.9 Å². The van der Waals surface area contributed by atoms with Gasteiger partial charge in [0.25, 0.3) is 5.71 Å². The van der Waals surface area contributed by atoms with Crippen molar-refractivity contribution in [1.29, 1.82) is 0 Å². The van der Waals surface area contributed by atoms with E-state index in [1.165, 1.54) is 0 Å². The molecule has 0 aliphatic carbocycles. The molecule has 0 bridgehead atoms. The molecular weight excluding hydrogens is 450 g/mol. The summed E-state index contributed by atoms with van der Waals surface area (Å²) >= 11 is 0. The summed E-state index contributed by atoms with van der Waals surface area (Å²) in [5.41, 5.74) is 4.56. The summed E-state index contributed by atoms with van der Waals surface area (Å²) in [5.74, 6) is 0.479. The predicted octanol–water partition coefficient (Wildman–Crippen LogP) is 4.90. The summed E-state index contributed by atoms with van der Waals surface area (Å²) in [5, 5.41) is 4.41. The van der Waals surface area contributed by atoms with Crippen LogP contribution in [-0.4, -0.2) is 46.8 Å². The molecule has 0 amide bonds. The zero-order valence-electron chi connectivity index (χ0n) is 20.9. The lowest BCUT2D eigenvalue weighted by Crippen LogP contribution is -2.16. The van der Waals surface area contributed by atoms with E-state index >= 15 is 0 Å². The zero-order valence-corrected chi connectivity index (χ0v) is 20.9. The third-order valence-electron chi connectivity index (χ3n) is 6.09. The van der Waals surface area contributed by atoms with Crippen LogP contribution in [0.5, 0.6) is 0 Å². The molecule has 0 spiro atoms. The molecule has 9 nitrogen and oxygen atoms in total. The molecule has 0 N–H and O–H groups in total. The minimum absolute atomic E-state index is 0.219. The van der Waals surface area contributed by atoms with Gasteiger partial charge >= 0.3 is 5.97 Å². The second-order valence-electron chi connectivity index (χ2n) is 8.61. The molecule has 4 aromatic heterocycles. The molecule has 0 unspecified atom stereocenters.